The second-order valence-electron chi connectivity index (χ2n) is 4.34. The third-order valence-electron chi connectivity index (χ3n) is 2.85. The summed E-state index contributed by atoms with van der Waals surface area (Å²) >= 11 is 0. The summed E-state index contributed by atoms with van der Waals surface area (Å²) in [4.78, 5) is 0. The third kappa shape index (κ3) is 2.59. The molecule has 1 heterocycles. The van der Waals surface area contributed by atoms with Crippen LogP contribution in [0.5, 0.6) is 0 Å². The molecule has 0 saturated heterocycles. The number of furan rings is 1. The number of aryl methyl sites for hydroxylation is 2. The van der Waals surface area contributed by atoms with Crippen molar-refractivity contribution >= 4 is 0 Å². The van der Waals surface area contributed by atoms with Gasteiger partial charge in [0.2, 0.25) is 0 Å². The van der Waals surface area contributed by atoms with Crippen LogP contribution in [-0.4, -0.2) is 5.11 Å². The lowest BCUT2D eigenvalue weighted by Gasteiger charge is -2.09. The Balaban J connectivity index is 2.18. The summed E-state index contributed by atoms with van der Waals surface area (Å²) < 4.78 is 31.1. The first-order chi connectivity index (χ1) is 8.47. The highest BCUT2D eigenvalue weighted by atomic mass is 19.2. The van der Waals surface area contributed by atoms with Crippen LogP contribution in [-0.2, 0) is 6.42 Å². The Morgan fingerprint density at radius 3 is 2.44 bits per heavy atom. The minimum Gasteiger partial charge on any atom is -0.466 e. The van der Waals surface area contributed by atoms with Crippen LogP contribution in [0.25, 0.3) is 0 Å². The van der Waals surface area contributed by atoms with E-state index in [9.17, 15) is 13.9 Å². The minimum absolute atomic E-state index is 0.219. The fourth-order valence-electron chi connectivity index (χ4n) is 1.98. The highest BCUT2D eigenvalue weighted by molar-refractivity contribution is 5.26. The van der Waals surface area contributed by atoms with Crippen LogP contribution in [0.4, 0.5) is 8.78 Å². The molecule has 1 unspecified atom stereocenters. The average molecular weight is 252 g/mol. The van der Waals surface area contributed by atoms with E-state index < -0.39 is 17.7 Å². The Labute approximate surface area is 104 Å². The van der Waals surface area contributed by atoms with Crippen molar-refractivity contribution in [2.75, 3.05) is 0 Å². The average Bonchev–Trinajstić information content (AvgIpc) is 2.63. The lowest BCUT2D eigenvalue weighted by atomic mass is 10.0. The smallest absolute Gasteiger partial charge is 0.159 e. The van der Waals surface area contributed by atoms with Gasteiger partial charge in [0.05, 0.1) is 6.10 Å². The van der Waals surface area contributed by atoms with Gasteiger partial charge in [-0.25, -0.2) is 8.78 Å². The quantitative estimate of drug-likeness (QED) is 0.907. The molecule has 1 N–H and O–H groups in total. The second kappa shape index (κ2) is 4.90. The largest absolute Gasteiger partial charge is 0.466 e. The summed E-state index contributed by atoms with van der Waals surface area (Å²) in [6, 6.07) is 5.37. The van der Waals surface area contributed by atoms with Gasteiger partial charge in [-0.3, -0.25) is 0 Å². The van der Waals surface area contributed by atoms with Crippen molar-refractivity contribution < 1.29 is 18.3 Å². The number of rotatable bonds is 3. The normalized spacial score (nSPS) is 12.7. The van der Waals surface area contributed by atoms with Gasteiger partial charge in [0, 0.05) is 12.0 Å². The van der Waals surface area contributed by atoms with E-state index in [0.717, 1.165) is 12.1 Å². The van der Waals surface area contributed by atoms with Gasteiger partial charge < -0.3 is 9.52 Å². The van der Waals surface area contributed by atoms with E-state index >= 15 is 0 Å². The number of aliphatic hydroxyl groups is 1. The van der Waals surface area contributed by atoms with Crippen molar-refractivity contribution in [1.29, 1.82) is 0 Å². The Morgan fingerprint density at radius 1 is 1.17 bits per heavy atom. The van der Waals surface area contributed by atoms with E-state index in [1.807, 2.05) is 0 Å². The van der Waals surface area contributed by atoms with Crippen LogP contribution in [0.1, 0.15) is 28.8 Å². The van der Waals surface area contributed by atoms with E-state index in [0.29, 0.717) is 22.6 Å². The molecule has 0 radical (unpaired) electrons. The molecule has 0 aliphatic rings. The maximum Gasteiger partial charge on any atom is 0.159 e. The standard InChI is InChI=1S/C14H14F2O2/c1-8-5-11(9(2)18-8)14(17)7-10-3-4-12(15)13(16)6-10/h3-6,14,17H,7H2,1-2H3. The first-order valence-corrected chi connectivity index (χ1v) is 5.66. The molecule has 18 heavy (non-hydrogen) atoms. The molecule has 1 aromatic heterocycles. The van der Waals surface area contributed by atoms with Crippen LogP contribution in [0, 0.1) is 25.5 Å². The van der Waals surface area contributed by atoms with Crippen LogP contribution in [0.3, 0.4) is 0 Å². The van der Waals surface area contributed by atoms with Gasteiger partial charge in [-0.15, -0.1) is 0 Å². The molecule has 0 spiro atoms. The molecule has 4 heteroatoms. The van der Waals surface area contributed by atoms with Crippen molar-refractivity contribution in [3.8, 4) is 0 Å². The lowest BCUT2D eigenvalue weighted by Crippen LogP contribution is -2.02. The number of hydrogen-bond donors (Lipinski definition) is 1. The fraction of sp³-hybridized carbons (Fsp3) is 0.286. The van der Waals surface area contributed by atoms with Crippen molar-refractivity contribution in [2.24, 2.45) is 0 Å². The Morgan fingerprint density at radius 2 is 1.89 bits per heavy atom. The lowest BCUT2D eigenvalue weighted by molar-refractivity contribution is 0.176. The molecule has 0 aliphatic heterocycles. The van der Waals surface area contributed by atoms with Gasteiger partial charge in [0.15, 0.2) is 11.6 Å². The maximum atomic E-state index is 13.0. The minimum atomic E-state index is -0.903. The Hall–Kier alpha value is -1.68. The van der Waals surface area contributed by atoms with Crippen LogP contribution in [0.15, 0.2) is 28.7 Å². The Kier molecular flexibility index (Phi) is 3.48. The maximum absolute atomic E-state index is 13.0. The SMILES string of the molecule is Cc1cc(C(O)Cc2ccc(F)c(F)c2)c(C)o1. The molecule has 96 valence electrons. The van der Waals surface area contributed by atoms with Crippen molar-refractivity contribution in [3.05, 3.63) is 58.5 Å². The predicted octanol–water partition coefficient (Wildman–Crippen LogP) is 3.45. The van der Waals surface area contributed by atoms with E-state index in [2.05, 4.69) is 0 Å². The second-order valence-corrected chi connectivity index (χ2v) is 4.34. The van der Waals surface area contributed by atoms with Gasteiger partial charge >= 0.3 is 0 Å². The van der Waals surface area contributed by atoms with Gasteiger partial charge in [-0.1, -0.05) is 6.07 Å². The van der Waals surface area contributed by atoms with Crippen LogP contribution >= 0.6 is 0 Å². The predicted molar refractivity (Wildman–Crippen MR) is 63.2 cm³/mol. The molecule has 2 nitrogen and oxygen atoms in total. The number of aliphatic hydroxyl groups excluding tert-OH is 1. The molecule has 1 atom stereocenters. The fourth-order valence-corrected chi connectivity index (χ4v) is 1.98. The number of halogens is 2. The molecule has 0 saturated carbocycles. The molecular weight excluding hydrogens is 238 g/mol. The summed E-state index contributed by atoms with van der Waals surface area (Å²) in [7, 11) is 0. The van der Waals surface area contributed by atoms with E-state index in [-0.39, 0.29) is 6.42 Å². The van der Waals surface area contributed by atoms with Gasteiger partial charge in [-0.2, -0.15) is 0 Å². The third-order valence-corrected chi connectivity index (χ3v) is 2.85. The summed E-state index contributed by atoms with van der Waals surface area (Å²) in [6.45, 7) is 3.55. The topological polar surface area (TPSA) is 33.4 Å². The first kappa shape index (κ1) is 12.8. The van der Waals surface area contributed by atoms with Gasteiger partial charge in [0.1, 0.15) is 11.5 Å². The summed E-state index contributed by atoms with van der Waals surface area (Å²) in [5, 5.41) is 10.1. The molecule has 0 bridgehead atoms. The first-order valence-electron chi connectivity index (χ1n) is 5.66. The summed E-state index contributed by atoms with van der Waals surface area (Å²) in [5.41, 5.74) is 1.22. The molecular formula is C14H14F2O2. The van der Waals surface area contributed by atoms with Crippen molar-refractivity contribution in [1.82, 2.24) is 0 Å². The molecule has 2 rings (SSSR count). The van der Waals surface area contributed by atoms with Gasteiger partial charge in [0.25, 0.3) is 0 Å². The number of benzene rings is 1. The summed E-state index contributed by atoms with van der Waals surface area (Å²) in [5.74, 6) is -0.433. The highest BCUT2D eigenvalue weighted by Crippen LogP contribution is 2.25. The van der Waals surface area contributed by atoms with E-state index in [1.54, 1.807) is 19.9 Å². The molecule has 1 aromatic carbocycles. The van der Waals surface area contributed by atoms with Crippen LogP contribution in [0.2, 0.25) is 0 Å². The van der Waals surface area contributed by atoms with E-state index in [1.165, 1.54) is 6.07 Å². The zero-order valence-electron chi connectivity index (χ0n) is 10.2. The summed E-state index contributed by atoms with van der Waals surface area (Å²) in [6.07, 6.45) is -0.566. The van der Waals surface area contributed by atoms with Crippen molar-refractivity contribution in [3.63, 3.8) is 0 Å². The zero-order valence-corrected chi connectivity index (χ0v) is 10.2. The molecule has 0 aliphatic carbocycles. The molecule has 0 fully saturated rings. The highest BCUT2D eigenvalue weighted by Gasteiger charge is 2.15. The molecule has 0 amide bonds. The van der Waals surface area contributed by atoms with Crippen molar-refractivity contribution in [2.45, 2.75) is 26.4 Å². The van der Waals surface area contributed by atoms with E-state index in [4.69, 9.17) is 4.42 Å². The van der Waals surface area contributed by atoms with Crippen LogP contribution < -0.4 is 0 Å². The van der Waals surface area contributed by atoms with Gasteiger partial charge in [-0.05, 0) is 37.6 Å². The monoisotopic (exact) mass is 252 g/mol. The Bertz CT molecular complexity index is 561. The molecule has 2 aromatic rings. The number of hydrogen-bond acceptors (Lipinski definition) is 2. The zero-order chi connectivity index (χ0) is 13.3.